The van der Waals surface area contributed by atoms with E-state index in [4.69, 9.17) is 0 Å². The SMILES string of the molecule is Cc1cc2n(n1)CCN(C(=O)/C=C/CN(C)C)C2C. The minimum Gasteiger partial charge on any atom is -0.329 e. The zero-order valence-electron chi connectivity index (χ0n) is 12.1. The molecule has 0 saturated carbocycles. The highest BCUT2D eigenvalue weighted by molar-refractivity contribution is 5.88. The molecule has 0 N–H and O–H groups in total. The highest BCUT2D eigenvalue weighted by Crippen LogP contribution is 2.25. The van der Waals surface area contributed by atoms with Gasteiger partial charge in [-0.1, -0.05) is 6.08 Å². The van der Waals surface area contributed by atoms with Crippen molar-refractivity contribution in [2.75, 3.05) is 27.2 Å². The molecule has 1 aliphatic heterocycles. The summed E-state index contributed by atoms with van der Waals surface area (Å²) >= 11 is 0. The summed E-state index contributed by atoms with van der Waals surface area (Å²) in [7, 11) is 3.97. The smallest absolute Gasteiger partial charge is 0.246 e. The largest absolute Gasteiger partial charge is 0.329 e. The molecule has 1 atom stereocenters. The Morgan fingerprint density at radius 1 is 1.53 bits per heavy atom. The second-order valence-corrected chi connectivity index (χ2v) is 5.31. The normalized spacial score (nSPS) is 19.2. The lowest BCUT2D eigenvalue weighted by atomic mass is 10.1. The highest BCUT2D eigenvalue weighted by Gasteiger charge is 2.27. The van der Waals surface area contributed by atoms with Crippen molar-refractivity contribution in [3.05, 3.63) is 29.6 Å². The number of aryl methyl sites for hydroxylation is 1. The molecule has 0 aromatic carbocycles. The molecule has 1 aromatic rings. The van der Waals surface area contributed by atoms with Gasteiger partial charge in [-0.3, -0.25) is 9.48 Å². The van der Waals surface area contributed by atoms with Gasteiger partial charge >= 0.3 is 0 Å². The van der Waals surface area contributed by atoms with Gasteiger partial charge in [0.1, 0.15) is 0 Å². The van der Waals surface area contributed by atoms with E-state index >= 15 is 0 Å². The number of aromatic nitrogens is 2. The first-order chi connectivity index (χ1) is 8.99. The van der Waals surface area contributed by atoms with Crippen LogP contribution in [0.25, 0.3) is 0 Å². The fraction of sp³-hybridized carbons (Fsp3) is 0.571. The molecule has 1 amide bonds. The quantitative estimate of drug-likeness (QED) is 0.769. The van der Waals surface area contributed by atoms with Crippen LogP contribution in [-0.2, 0) is 11.3 Å². The Morgan fingerprint density at radius 2 is 2.26 bits per heavy atom. The predicted octanol–water partition coefficient (Wildman–Crippen LogP) is 1.21. The summed E-state index contributed by atoms with van der Waals surface area (Å²) in [6.07, 6.45) is 3.58. The van der Waals surface area contributed by atoms with Crippen LogP contribution in [0.5, 0.6) is 0 Å². The minimum absolute atomic E-state index is 0.0828. The summed E-state index contributed by atoms with van der Waals surface area (Å²) in [6, 6.07) is 2.15. The third kappa shape index (κ3) is 3.04. The number of fused-ring (bicyclic) bond motifs is 1. The number of nitrogens with zero attached hydrogens (tertiary/aromatic N) is 4. The van der Waals surface area contributed by atoms with E-state index in [0.717, 1.165) is 31.0 Å². The second-order valence-electron chi connectivity index (χ2n) is 5.31. The topological polar surface area (TPSA) is 41.4 Å². The lowest BCUT2D eigenvalue weighted by molar-refractivity contribution is -0.129. The molecule has 104 valence electrons. The molecule has 1 unspecified atom stereocenters. The number of carbonyl (C=O) groups excluding carboxylic acids is 1. The van der Waals surface area contributed by atoms with Crippen LogP contribution < -0.4 is 0 Å². The van der Waals surface area contributed by atoms with Crippen LogP contribution in [-0.4, -0.2) is 52.7 Å². The molecule has 1 aromatic heterocycles. The number of hydrogen-bond donors (Lipinski definition) is 0. The highest BCUT2D eigenvalue weighted by atomic mass is 16.2. The van der Waals surface area contributed by atoms with Gasteiger partial charge in [-0.25, -0.2) is 0 Å². The first kappa shape index (κ1) is 13.8. The van der Waals surface area contributed by atoms with Crippen molar-refractivity contribution in [2.45, 2.75) is 26.4 Å². The molecule has 0 spiro atoms. The summed E-state index contributed by atoms with van der Waals surface area (Å²) < 4.78 is 2.01. The number of amides is 1. The van der Waals surface area contributed by atoms with E-state index in [1.165, 1.54) is 0 Å². The molecule has 0 radical (unpaired) electrons. The maximum atomic E-state index is 12.2. The van der Waals surface area contributed by atoms with Crippen molar-refractivity contribution < 1.29 is 4.79 Å². The number of carbonyl (C=O) groups is 1. The van der Waals surface area contributed by atoms with E-state index in [-0.39, 0.29) is 11.9 Å². The van der Waals surface area contributed by atoms with Gasteiger partial charge in [0.25, 0.3) is 0 Å². The van der Waals surface area contributed by atoms with E-state index in [2.05, 4.69) is 18.1 Å². The van der Waals surface area contributed by atoms with Crippen LogP contribution in [0.3, 0.4) is 0 Å². The van der Waals surface area contributed by atoms with Gasteiger partial charge in [-0.2, -0.15) is 5.10 Å². The Bertz CT molecular complexity index is 490. The molecular weight excluding hydrogens is 240 g/mol. The Morgan fingerprint density at radius 3 is 2.95 bits per heavy atom. The van der Waals surface area contributed by atoms with Crippen LogP contribution in [0, 0.1) is 6.92 Å². The molecule has 2 rings (SSSR count). The van der Waals surface area contributed by atoms with Gasteiger partial charge in [-0.15, -0.1) is 0 Å². The summed E-state index contributed by atoms with van der Waals surface area (Å²) in [4.78, 5) is 16.1. The lowest BCUT2D eigenvalue weighted by Gasteiger charge is -2.33. The van der Waals surface area contributed by atoms with Crippen molar-refractivity contribution in [1.82, 2.24) is 19.6 Å². The number of hydrogen-bond acceptors (Lipinski definition) is 3. The zero-order valence-corrected chi connectivity index (χ0v) is 12.1. The van der Waals surface area contributed by atoms with Crippen molar-refractivity contribution in [2.24, 2.45) is 0 Å². The molecule has 5 heteroatoms. The molecule has 0 aliphatic carbocycles. The lowest BCUT2D eigenvalue weighted by Crippen LogP contribution is -2.40. The predicted molar refractivity (Wildman–Crippen MR) is 74.8 cm³/mol. The van der Waals surface area contributed by atoms with E-state index in [1.807, 2.05) is 41.6 Å². The van der Waals surface area contributed by atoms with Crippen molar-refractivity contribution in [1.29, 1.82) is 0 Å². The van der Waals surface area contributed by atoms with Gasteiger partial charge in [0.05, 0.1) is 24.0 Å². The molecule has 19 heavy (non-hydrogen) atoms. The van der Waals surface area contributed by atoms with E-state index in [9.17, 15) is 4.79 Å². The standard InChI is InChI=1S/C14H22N4O/c1-11-10-13-12(2)17(8-9-18(13)15-11)14(19)6-5-7-16(3)4/h5-6,10,12H,7-9H2,1-4H3/b6-5+. The van der Waals surface area contributed by atoms with Crippen molar-refractivity contribution in [3.8, 4) is 0 Å². The third-order valence-electron chi connectivity index (χ3n) is 3.40. The van der Waals surface area contributed by atoms with Crippen LogP contribution in [0.15, 0.2) is 18.2 Å². The maximum Gasteiger partial charge on any atom is 0.246 e. The Hall–Kier alpha value is -1.62. The average Bonchev–Trinajstić information content (AvgIpc) is 2.70. The average molecular weight is 262 g/mol. The Balaban J connectivity index is 2.07. The third-order valence-corrected chi connectivity index (χ3v) is 3.40. The Kier molecular flexibility index (Phi) is 4.04. The minimum atomic E-state index is 0.0828. The van der Waals surface area contributed by atoms with Crippen molar-refractivity contribution >= 4 is 5.91 Å². The fourth-order valence-electron chi connectivity index (χ4n) is 2.40. The number of rotatable bonds is 3. The first-order valence-corrected chi connectivity index (χ1v) is 6.65. The molecular formula is C14H22N4O. The first-order valence-electron chi connectivity index (χ1n) is 6.65. The van der Waals surface area contributed by atoms with Crippen LogP contribution in [0.1, 0.15) is 24.4 Å². The summed E-state index contributed by atoms with van der Waals surface area (Å²) in [5, 5.41) is 4.43. The zero-order chi connectivity index (χ0) is 14.0. The van der Waals surface area contributed by atoms with Crippen molar-refractivity contribution in [3.63, 3.8) is 0 Å². The summed E-state index contributed by atoms with van der Waals surface area (Å²) in [6.45, 7) is 6.33. The maximum absolute atomic E-state index is 12.2. The fourth-order valence-corrected chi connectivity index (χ4v) is 2.40. The van der Waals surface area contributed by atoms with E-state index in [1.54, 1.807) is 6.08 Å². The number of likely N-dealkylation sites (N-methyl/N-ethyl adjacent to an activating group) is 1. The van der Waals surface area contributed by atoms with Gasteiger partial charge in [-0.05, 0) is 34.0 Å². The van der Waals surface area contributed by atoms with Crippen LogP contribution >= 0.6 is 0 Å². The van der Waals surface area contributed by atoms with Crippen LogP contribution in [0.4, 0.5) is 0 Å². The molecule has 0 fully saturated rings. The van der Waals surface area contributed by atoms with E-state index < -0.39 is 0 Å². The molecule has 0 bridgehead atoms. The summed E-state index contributed by atoms with van der Waals surface area (Å²) in [5.74, 6) is 0.0828. The van der Waals surface area contributed by atoms with Gasteiger partial charge in [0, 0.05) is 19.2 Å². The second kappa shape index (κ2) is 5.57. The van der Waals surface area contributed by atoms with E-state index in [0.29, 0.717) is 0 Å². The monoisotopic (exact) mass is 262 g/mol. The molecule has 2 heterocycles. The summed E-state index contributed by atoms with van der Waals surface area (Å²) in [5.41, 5.74) is 2.14. The molecule has 1 aliphatic rings. The Labute approximate surface area is 114 Å². The molecule has 5 nitrogen and oxygen atoms in total. The van der Waals surface area contributed by atoms with Crippen LogP contribution in [0.2, 0.25) is 0 Å². The molecule has 0 saturated heterocycles. The van der Waals surface area contributed by atoms with Gasteiger partial charge in [0.15, 0.2) is 0 Å². The van der Waals surface area contributed by atoms with Gasteiger partial charge in [0.2, 0.25) is 5.91 Å². The van der Waals surface area contributed by atoms with Gasteiger partial charge < -0.3 is 9.80 Å².